The number of aliphatic carboxylic acids is 1. The molecule has 34 heavy (non-hydrogen) atoms. The third-order valence-corrected chi connectivity index (χ3v) is 6.84. The van der Waals surface area contributed by atoms with Crippen molar-refractivity contribution < 1.29 is 24.2 Å². The second-order valence-corrected chi connectivity index (χ2v) is 9.20. The largest absolute Gasteiger partial charge is 0.480 e. The summed E-state index contributed by atoms with van der Waals surface area (Å²) in [5.41, 5.74) is 4.70. The number of benzene rings is 2. The molecule has 0 saturated carbocycles. The zero-order chi connectivity index (χ0) is 24.1. The molecule has 180 valence electrons. The Balaban J connectivity index is 1.23. The van der Waals surface area contributed by atoms with E-state index in [0.29, 0.717) is 25.8 Å². The van der Waals surface area contributed by atoms with Crippen LogP contribution < -0.4 is 5.32 Å². The van der Waals surface area contributed by atoms with Crippen molar-refractivity contribution in [3.8, 4) is 11.1 Å². The monoisotopic (exact) mass is 464 g/mol. The van der Waals surface area contributed by atoms with Gasteiger partial charge in [-0.2, -0.15) is 0 Å². The van der Waals surface area contributed by atoms with E-state index in [1.807, 2.05) is 31.2 Å². The van der Waals surface area contributed by atoms with Gasteiger partial charge in [0.25, 0.3) is 0 Å². The SMILES string of the molecule is CC(CCCC(=O)N1CCCC[C@H]1C(=O)O)NC(=O)OCC1c2ccccc2-c2ccccc21. The van der Waals surface area contributed by atoms with Crippen molar-refractivity contribution in [3.63, 3.8) is 0 Å². The fourth-order valence-electron chi connectivity index (χ4n) is 5.10. The van der Waals surface area contributed by atoms with Crippen LogP contribution in [0, 0.1) is 0 Å². The van der Waals surface area contributed by atoms with E-state index in [-0.39, 0.29) is 30.9 Å². The van der Waals surface area contributed by atoms with Gasteiger partial charge in [0.1, 0.15) is 12.6 Å². The van der Waals surface area contributed by atoms with E-state index in [1.165, 1.54) is 27.2 Å². The Morgan fingerprint density at radius 1 is 1.06 bits per heavy atom. The molecule has 1 unspecified atom stereocenters. The van der Waals surface area contributed by atoms with Gasteiger partial charge >= 0.3 is 12.1 Å². The smallest absolute Gasteiger partial charge is 0.407 e. The lowest BCUT2D eigenvalue weighted by molar-refractivity contribution is -0.152. The van der Waals surface area contributed by atoms with E-state index >= 15 is 0 Å². The Morgan fingerprint density at radius 2 is 1.71 bits per heavy atom. The van der Waals surface area contributed by atoms with Gasteiger partial charge in [0.2, 0.25) is 5.91 Å². The molecule has 1 heterocycles. The maximum Gasteiger partial charge on any atom is 0.407 e. The Kier molecular flexibility index (Phi) is 7.50. The van der Waals surface area contributed by atoms with Gasteiger partial charge in [-0.3, -0.25) is 4.79 Å². The third-order valence-electron chi connectivity index (χ3n) is 6.84. The zero-order valence-corrected chi connectivity index (χ0v) is 19.5. The van der Waals surface area contributed by atoms with Gasteiger partial charge in [-0.25, -0.2) is 9.59 Å². The third kappa shape index (κ3) is 5.24. The molecule has 2 aromatic carbocycles. The number of hydrogen-bond donors (Lipinski definition) is 2. The van der Waals surface area contributed by atoms with Gasteiger partial charge in [0.15, 0.2) is 0 Å². The first-order chi connectivity index (χ1) is 16.5. The predicted octanol–water partition coefficient (Wildman–Crippen LogP) is 4.55. The second-order valence-electron chi connectivity index (χ2n) is 9.20. The highest BCUT2D eigenvalue weighted by Crippen LogP contribution is 2.44. The summed E-state index contributed by atoms with van der Waals surface area (Å²) in [6.07, 6.45) is 3.19. The summed E-state index contributed by atoms with van der Waals surface area (Å²) in [6.45, 7) is 2.65. The van der Waals surface area contributed by atoms with E-state index in [1.54, 1.807) is 0 Å². The molecule has 1 aliphatic heterocycles. The topological polar surface area (TPSA) is 95.9 Å². The van der Waals surface area contributed by atoms with Crippen molar-refractivity contribution in [2.24, 2.45) is 0 Å². The van der Waals surface area contributed by atoms with Crippen LogP contribution in [0.5, 0.6) is 0 Å². The van der Waals surface area contributed by atoms with Crippen LogP contribution >= 0.6 is 0 Å². The predicted molar refractivity (Wildman–Crippen MR) is 129 cm³/mol. The molecular weight excluding hydrogens is 432 g/mol. The Bertz CT molecular complexity index is 1010. The molecule has 4 rings (SSSR count). The lowest BCUT2D eigenvalue weighted by Gasteiger charge is -2.33. The summed E-state index contributed by atoms with van der Waals surface area (Å²) in [5, 5.41) is 12.2. The van der Waals surface area contributed by atoms with Crippen molar-refractivity contribution in [3.05, 3.63) is 59.7 Å². The lowest BCUT2D eigenvalue weighted by Crippen LogP contribution is -2.48. The quantitative estimate of drug-likeness (QED) is 0.598. The van der Waals surface area contributed by atoms with Crippen LogP contribution in [0.25, 0.3) is 11.1 Å². The van der Waals surface area contributed by atoms with Gasteiger partial charge in [0.05, 0.1) is 0 Å². The van der Waals surface area contributed by atoms with Crippen LogP contribution in [0.1, 0.15) is 62.5 Å². The number of carboxylic acid groups (broad SMARTS) is 1. The molecule has 2 N–H and O–H groups in total. The standard InChI is InChI=1S/C27H32N2O5/c1-18(9-8-15-25(30)29-16-7-6-14-24(29)26(31)32)28-27(33)34-17-23-21-12-4-2-10-19(21)20-11-3-5-13-22(20)23/h2-5,10-13,18,23-24H,6-9,14-17H2,1H3,(H,28,33)(H,31,32)/t18?,24-/m0/s1. The van der Waals surface area contributed by atoms with Crippen LogP contribution in [-0.4, -0.2) is 53.2 Å². The van der Waals surface area contributed by atoms with E-state index in [9.17, 15) is 19.5 Å². The first-order valence-electron chi connectivity index (χ1n) is 12.1. The summed E-state index contributed by atoms with van der Waals surface area (Å²) in [6, 6.07) is 15.5. The van der Waals surface area contributed by atoms with Crippen molar-refractivity contribution in [2.45, 2.75) is 63.5 Å². The highest BCUT2D eigenvalue weighted by atomic mass is 16.5. The van der Waals surface area contributed by atoms with Gasteiger partial charge in [-0.1, -0.05) is 48.5 Å². The molecule has 2 amide bonds. The molecule has 0 radical (unpaired) electrons. The molecule has 0 bridgehead atoms. The minimum absolute atomic E-state index is 0.0119. The molecule has 2 atom stereocenters. The van der Waals surface area contributed by atoms with Crippen LogP contribution in [0.3, 0.4) is 0 Å². The molecule has 1 aliphatic carbocycles. The number of likely N-dealkylation sites (tertiary alicyclic amines) is 1. The van der Waals surface area contributed by atoms with Crippen molar-refractivity contribution >= 4 is 18.0 Å². The number of piperidine rings is 1. The molecule has 1 saturated heterocycles. The number of carbonyl (C=O) groups excluding carboxylic acids is 2. The van der Waals surface area contributed by atoms with Gasteiger partial charge in [-0.15, -0.1) is 0 Å². The molecule has 7 nitrogen and oxygen atoms in total. The van der Waals surface area contributed by atoms with E-state index in [4.69, 9.17) is 4.74 Å². The summed E-state index contributed by atoms with van der Waals surface area (Å²) < 4.78 is 5.58. The van der Waals surface area contributed by atoms with Crippen LogP contribution in [0.2, 0.25) is 0 Å². The number of carboxylic acids is 1. The highest BCUT2D eigenvalue weighted by Gasteiger charge is 2.32. The first-order valence-corrected chi connectivity index (χ1v) is 12.1. The number of ether oxygens (including phenoxy) is 1. The molecule has 2 aromatic rings. The van der Waals surface area contributed by atoms with Gasteiger partial charge in [0, 0.05) is 24.9 Å². The Labute approximate surface area is 200 Å². The number of nitrogens with one attached hydrogen (secondary N) is 1. The number of rotatable bonds is 8. The number of alkyl carbamates (subject to hydrolysis) is 1. The Morgan fingerprint density at radius 3 is 2.35 bits per heavy atom. The normalized spacial score (nSPS) is 18.0. The molecule has 0 aromatic heterocycles. The molecule has 2 aliphatic rings. The average molecular weight is 465 g/mol. The van der Waals surface area contributed by atoms with Crippen LogP contribution in [-0.2, 0) is 14.3 Å². The van der Waals surface area contributed by atoms with Gasteiger partial charge < -0.3 is 20.1 Å². The van der Waals surface area contributed by atoms with Crippen LogP contribution in [0.4, 0.5) is 4.79 Å². The summed E-state index contributed by atoms with van der Waals surface area (Å²) in [7, 11) is 0. The van der Waals surface area contributed by atoms with E-state index in [2.05, 4.69) is 29.6 Å². The molecule has 0 spiro atoms. The number of fused-ring (bicyclic) bond motifs is 3. The summed E-state index contributed by atoms with van der Waals surface area (Å²) in [5.74, 6) is -1.04. The van der Waals surface area contributed by atoms with Gasteiger partial charge in [-0.05, 0) is 61.3 Å². The van der Waals surface area contributed by atoms with Crippen molar-refractivity contribution in [1.82, 2.24) is 10.2 Å². The van der Waals surface area contributed by atoms with Crippen molar-refractivity contribution in [1.29, 1.82) is 0 Å². The van der Waals surface area contributed by atoms with E-state index < -0.39 is 18.1 Å². The lowest BCUT2D eigenvalue weighted by atomic mass is 9.98. The zero-order valence-electron chi connectivity index (χ0n) is 19.5. The van der Waals surface area contributed by atoms with Crippen LogP contribution in [0.15, 0.2) is 48.5 Å². The maximum atomic E-state index is 12.5. The van der Waals surface area contributed by atoms with E-state index in [0.717, 1.165) is 12.8 Å². The highest BCUT2D eigenvalue weighted by molar-refractivity contribution is 5.84. The molecule has 7 heteroatoms. The summed E-state index contributed by atoms with van der Waals surface area (Å²) >= 11 is 0. The number of hydrogen-bond acceptors (Lipinski definition) is 4. The first kappa shape index (κ1) is 23.8. The fraction of sp³-hybridized carbons (Fsp3) is 0.444. The Hall–Kier alpha value is -3.35. The molecular formula is C27H32N2O5. The number of amides is 2. The minimum Gasteiger partial charge on any atom is -0.480 e. The summed E-state index contributed by atoms with van der Waals surface area (Å²) in [4.78, 5) is 37.8. The molecule has 1 fully saturated rings. The minimum atomic E-state index is -0.932. The van der Waals surface area contributed by atoms with Crippen molar-refractivity contribution in [2.75, 3.05) is 13.2 Å². The second kappa shape index (κ2) is 10.7. The number of carbonyl (C=O) groups is 3. The number of nitrogens with zero attached hydrogens (tertiary/aromatic N) is 1. The fourth-order valence-corrected chi connectivity index (χ4v) is 5.10. The maximum absolute atomic E-state index is 12.5. The average Bonchev–Trinajstić information content (AvgIpc) is 3.16.